The number of hydrogen-bond acceptors (Lipinski definition) is 3. The van der Waals surface area contributed by atoms with Crippen molar-refractivity contribution in [3.8, 4) is 0 Å². The number of hydrogen-bond donors (Lipinski definition) is 1. The van der Waals surface area contributed by atoms with Crippen LogP contribution < -0.4 is 0 Å². The van der Waals surface area contributed by atoms with Crippen LogP contribution in [0.5, 0.6) is 0 Å². The fraction of sp³-hybridized carbons (Fsp3) is 0.375. The molecule has 1 unspecified atom stereocenters. The van der Waals surface area contributed by atoms with Gasteiger partial charge >= 0.3 is 0 Å². The molecule has 20 heavy (non-hydrogen) atoms. The van der Waals surface area contributed by atoms with Gasteiger partial charge in [0.05, 0.1) is 10.4 Å². The Bertz CT molecular complexity index is 555. The minimum absolute atomic E-state index is 0.398. The van der Waals surface area contributed by atoms with Crippen LogP contribution in [-0.2, 0) is 6.54 Å². The molecule has 0 amide bonds. The smallest absolute Gasteiger partial charge is 0.0931 e. The summed E-state index contributed by atoms with van der Waals surface area (Å²) in [6, 6.07) is 12.0. The van der Waals surface area contributed by atoms with Gasteiger partial charge in [-0.15, -0.1) is 11.3 Å². The highest BCUT2D eigenvalue weighted by molar-refractivity contribution is 7.16. The summed E-state index contributed by atoms with van der Waals surface area (Å²) in [7, 11) is 2.07. The standard InChI is InChI=1S/C16H20ClNOS/c1-12-5-3-4-6-14(12)15(19)9-10-18(2)11-13-7-8-16(17)20-13/h3-8,15,19H,9-11H2,1-2H3. The highest BCUT2D eigenvalue weighted by atomic mass is 35.5. The lowest BCUT2D eigenvalue weighted by Gasteiger charge is -2.19. The van der Waals surface area contributed by atoms with Crippen molar-refractivity contribution in [3.63, 3.8) is 0 Å². The maximum absolute atomic E-state index is 10.3. The van der Waals surface area contributed by atoms with Crippen LogP contribution in [-0.4, -0.2) is 23.6 Å². The first kappa shape index (κ1) is 15.5. The summed E-state index contributed by atoms with van der Waals surface area (Å²) in [5.74, 6) is 0. The van der Waals surface area contributed by atoms with Crippen molar-refractivity contribution in [1.29, 1.82) is 0 Å². The van der Waals surface area contributed by atoms with Crippen molar-refractivity contribution in [2.75, 3.05) is 13.6 Å². The zero-order valence-electron chi connectivity index (χ0n) is 11.8. The van der Waals surface area contributed by atoms with E-state index in [1.54, 1.807) is 11.3 Å². The normalized spacial score (nSPS) is 12.8. The van der Waals surface area contributed by atoms with Gasteiger partial charge in [-0.2, -0.15) is 0 Å². The maximum Gasteiger partial charge on any atom is 0.0931 e. The van der Waals surface area contributed by atoms with Gasteiger partial charge in [0.15, 0.2) is 0 Å². The van der Waals surface area contributed by atoms with E-state index in [0.717, 1.165) is 35.0 Å². The number of benzene rings is 1. The molecule has 0 saturated carbocycles. The summed E-state index contributed by atoms with van der Waals surface area (Å²) < 4.78 is 0.827. The molecule has 0 bridgehead atoms. The monoisotopic (exact) mass is 309 g/mol. The third-order valence-electron chi connectivity index (χ3n) is 3.39. The molecule has 0 saturated heterocycles. The van der Waals surface area contributed by atoms with E-state index >= 15 is 0 Å². The molecule has 108 valence electrons. The first-order valence-corrected chi connectivity index (χ1v) is 7.92. The Morgan fingerprint density at radius 2 is 2.00 bits per heavy atom. The highest BCUT2D eigenvalue weighted by Crippen LogP contribution is 2.23. The molecule has 0 aliphatic heterocycles. The van der Waals surface area contributed by atoms with Gasteiger partial charge in [0.2, 0.25) is 0 Å². The van der Waals surface area contributed by atoms with Crippen molar-refractivity contribution in [2.24, 2.45) is 0 Å². The molecular weight excluding hydrogens is 290 g/mol. The van der Waals surface area contributed by atoms with Crippen LogP contribution in [0.25, 0.3) is 0 Å². The number of thiophene rings is 1. The van der Waals surface area contributed by atoms with Crippen molar-refractivity contribution in [3.05, 3.63) is 56.7 Å². The molecule has 2 rings (SSSR count). The second kappa shape index (κ2) is 7.23. The molecule has 2 aromatic rings. The van der Waals surface area contributed by atoms with Crippen molar-refractivity contribution in [2.45, 2.75) is 26.0 Å². The zero-order valence-corrected chi connectivity index (χ0v) is 13.4. The van der Waals surface area contributed by atoms with Gasteiger partial charge in [0.25, 0.3) is 0 Å². The van der Waals surface area contributed by atoms with Crippen LogP contribution in [0.4, 0.5) is 0 Å². The summed E-state index contributed by atoms with van der Waals surface area (Å²) in [5.41, 5.74) is 2.17. The lowest BCUT2D eigenvalue weighted by molar-refractivity contribution is 0.147. The maximum atomic E-state index is 10.3. The first-order chi connectivity index (χ1) is 9.56. The summed E-state index contributed by atoms with van der Waals surface area (Å²) in [6.45, 7) is 3.76. The Hall–Kier alpha value is -0.870. The van der Waals surface area contributed by atoms with E-state index in [9.17, 15) is 5.11 Å². The molecule has 0 fully saturated rings. The van der Waals surface area contributed by atoms with Crippen molar-refractivity contribution in [1.82, 2.24) is 4.90 Å². The molecule has 1 N–H and O–H groups in total. The van der Waals surface area contributed by atoms with Crippen molar-refractivity contribution >= 4 is 22.9 Å². The second-order valence-corrected chi connectivity index (χ2v) is 6.90. The van der Waals surface area contributed by atoms with Gasteiger partial charge in [-0.25, -0.2) is 0 Å². The fourth-order valence-electron chi connectivity index (χ4n) is 2.24. The molecule has 0 aliphatic carbocycles. The SMILES string of the molecule is Cc1ccccc1C(O)CCN(C)Cc1ccc(Cl)s1. The Morgan fingerprint density at radius 1 is 1.25 bits per heavy atom. The van der Waals surface area contributed by atoms with Crippen LogP contribution >= 0.6 is 22.9 Å². The number of halogens is 1. The fourth-order valence-corrected chi connectivity index (χ4v) is 3.41. The Morgan fingerprint density at radius 3 is 2.65 bits per heavy atom. The van der Waals surface area contributed by atoms with E-state index in [0.29, 0.717) is 0 Å². The molecule has 1 aromatic carbocycles. The molecule has 0 radical (unpaired) electrons. The molecular formula is C16H20ClNOS. The van der Waals surface area contributed by atoms with E-state index in [1.165, 1.54) is 4.88 Å². The molecule has 1 heterocycles. The molecule has 0 aliphatic rings. The molecule has 0 spiro atoms. The molecule has 2 nitrogen and oxygen atoms in total. The lowest BCUT2D eigenvalue weighted by Crippen LogP contribution is -2.20. The second-order valence-electron chi connectivity index (χ2n) is 5.10. The summed E-state index contributed by atoms with van der Waals surface area (Å²) in [5, 5.41) is 10.3. The van der Waals surface area contributed by atoms with Crippen LogP contribution in [0.2, 0.25) is 4.34 Å². The largest absolute Gasteiger partial charge is 0.388 e. The third kappa shape index (κ3) is 4.32. The molecule has 1 atom stereocenters. The third-order valence-corrected chi connectivity index (χ3v) is 4.60. The van der Waals surface area contributed by atoms with Gasteiger partial charge < -0.3 is 10.0 Å². The van der Waals surface area contributed by atoms with Gasteiger partial charge in [-0.05, 0) is 43.7 Å². The minimum atomic E-state index is -0.398. The van der Waals surface area contributed by atoms with Crippen molar-refractivity contribution < 1.29 is 5.11 Å². The van der Waals surface area contributed by atoms with Crippen LogP contribution in [0.3, 0.4) is 0 Å². The first-order valence-electron chi connectivity index (χ1n) is 6.72. The number of aryl methyl sites for hydroxylation is 1. The van der Waals surface area contributed by atoms with Gasteiger partial charge in [-0.1, -0.05) is 35.9 Å². The quantitative estimate of drug-likeness (QED) is 0.861. The van der Waals surface area contributed by atoms with E-state index in [1.807, 2.05) is 37.3 Å². The molecule has 1 aromatic heterocycles. The average molecular weight is 310 g/mol. The predicted octanol–water partition coefficient (Wildman–Crippen LogP) is 4.27. The number of nitrogens with zero attached hydrogens (tertiary/aromatic N) is 1. The molecule has 4 heteroatoms. The Labute approximate surface area is 129 Å². The van der Waals surface area contributed by atoms with Gasteiger partial charge in [0.1, 0.15) is 0 Å². The minimum Gasteiger partial charge on any atom is -0.388 e. The lowest BCUT2D eigenvalue weighted by atomic mass is 10.0. The van der Waals surface area contributed by atoms with E-state index in [4.69, 9.17) is 11.6 Å². The summed E-state index contributed by atoms with van der Waals surface area (Å²) >= 11 is 7.54. The predicted molar refractivity (Wildman–Crippen MR) is 86.4 cm³/mol. The number of rotatable bonds is 6. The van der Waals surface area contributed by atoms with Crippen LogP contribution in [0, 0.1) is 6.92 Å². The van der Waals surface area contributed by atoms with E-state index < -0.39 is 6.10 Å². The Balaban J connectivity index is 1.84. The van der Waals surface area contributed by atoms with Crippen LogP contribution in [0.15, 0.2) is 36.4 Å². The summed E-state index contributed by atoms with van der Waals surface area (Å²) in [4.78, 5) is 3.46. The zero-order chi connectivity index (χ0) is 14.5. The Kier molecular flexibility index (Phi) is 5.61. The van der Waals surface area contributed by atoms with Crippen LogP contribution in [0.1, 0.15) is 28.5 Å². The number of aliphatic hydroxyl groups excluding tert-OH is 1. The average Bonchev–Trinajstić information content (AvgIpc) is 2.82. The number of aliphatic hydroxyl groups is 1. The summed E-state index contributed by atoms with van der Waals surface area (Å²) in [6.07, 6.45) is 0.339. The van der Waals surface area contributed by atoms with Gasteiger partial charge in [0, 0.05) is 18.0 Å². The van der Waals surface area contributed by atoms with E-state index in [2.05, 4.69) is 18.0 Å². The van der Waals surface area contributed by atoms with E-state index in [-0.39, 0.29) is 0 Å². The highest BCUT2D eigenvalue weighted by Gasteiger charge is 2.11. The van der Waals surface area contributed by atoms with Gasteiger partial charge in [-0.3, -0.25) is 0 Å². The topological polar surface area (TPSA) is 23.5 Å².